The molecule has 6 heteroatoms. The Bertz CT molecular complexity index is 508. The molecule has 19 heavy (non-hydrogen) atoms. The van der Waals surface area contributed by atoms with Gasteiger partial charge in [-0.25, -0.2) is 8.42 Å². The third-order valence-corrected chi connectivity index (χ3v) is 4.26. The smallest absolute Gasteiger partial charge is 0.306 e. The summed E-state index contributed by atoms with van der Waals surface area (Å²) in [6.07, 6.45) is 0.337. The van der Waals surface area contributed by atoms with Gasteiger partial charge in [-0.15, -0.1) is 0 Å². The predicted molar refractivity (Wildman–Crippen MR) is 74.5 cm³/mol. The lowest BCUT2D eigenvalue weighted by molar-refractivity contribution is -0.142. The molecule has 106 valence electrons. The van der Waals surface area contributed by atoms with E-state index in [0.717, 1.165) is 5.56 Å². The van der Waals surface area contributed by atoms with Gasteiger partial charge in [0.1, 0.15) is 0 Å². The molecule has 1 rings (SSSR count). The fraction of sp³-hybridized carbons (Fsp3) is 0.462. The lowest BCUT2D eigenvalue weighted by Gasteiger charge is -2.05. The van der Waals surface area contributed by atoms with Crippen molar-refractivity contribution in [1.82, 2.24) is 0 Å². The summed E-state index contributed by atoms with van der Waals surface area (Å²) in [5.41, 5.74) is 7.11. The van der Waals surface area contributed by atoms with Crippen molar-refractivity contribution in [2.24, 2.45) is 0 Å². The Labute approximate surface area is 113 Å². The number of sulfone groups is 1. The van der Waals surface area contributed by atoms with Crippen LogP contribution in [0.2, 0.25) is 0 Å². The van der Waals surface area contributed by atoms with Crippen molar-refractivity contribution >= 4 is 21.5 Å². The third kappa shape index (κ3) is 6.24. The molecule has 0 fully saturated rings. The van der Waals surface area contributed by atoms with E-state index in [1.54, 1.807) is 31.2 Å². The molecule has 0 aliphatic heterocycles. The predicted octanol–water partition coefficient (Wildman–Crippen LogP) is 1.18. The monoisotopic (exact) mass is 285 g/mol. The molecule has 0 radical (unpaired) electrons. The molecule has 0 unspecified atom stereocenters. The third-order valence-electron chi connectivity index (χ3n) is 2.60. The second-order valence-electron chi connectivity index (χ2n) is 4.20. The standard InChI is InChI=1S/C13H19NO4S/c1-2-18-13(15)8-10-19(16,17)9-7-11-3-5-12(14)6-4-11/h3-6H,2,7-10,14H2,1H3. The number of hydrogen-bond acceptors (Lipinski definition) is 5. The second-order valence-corrected chi connectivity index (χ2v) is 6.50. The quantitative estimate of drug-likeness (QED) is 0.600. The zero-order valence-electron chi connectivity index (χ0n) is 11.0. The van der Waals surface area contributed by atoms with Crippen LogP contribution in [0.3, 0.4) is 0 Å². The average Bonchev–Trinajstić information content (AvgIpc) is 2.36. The summed E-state index contributed by atoms with van der Waals surface area (Å²) in [5.74, 6) is -0.615. The first kappa shape index (κ1) is 15.5. The van der Waals surface area contributed by atoms with Crippen molar-refractivity contribution in [2.75, 3.05) is 23.8 Å². The van der Waals surface area contributed by atoms with Gasteiger partial charge in [0.05, 0.1) is 24.5 Å². The van der Waals surface area contributed by atoms with Gasteiger partial charge < -0.3 is 10.5 Å². The van der Waals surface area contributed by atoms with E-state index in [-0.39, 0.29) is 24.5 Å². The zero-order valence-corrected chi connectivity index (χ0v) is 11.8. The largest absolute Gasteiger partial charge is 0.466 e. The van der Waals surface area contributed by atoms with E-state index < -0.39 is 15.8 Å². The normalized spacial score (nSPS) is 11.2. The van der Waals surface area contributed by atoms with Gasteiger partial charge in [0, 0.05) is 5.69 Å². The molecule has 0 spiro atoms. The number of aryl methyl sites for hydroxylation is 1. The summed E-state index contributed by atoms with van der Waals surface area (Å²) in [5, 5.41) is 0. The zero-order chi connectivity index (χ0) is 14.3. The molecule has 0 atom stereocenters. The van der Waals surface area contributed by atoms with E-state index in [9.17, 15) is 13.2 Å². The van der Waals surface area contributed by atoms with Crippen molar-refractivity contribution in [3.05, 3.63) is 29.8 Å². The number of esters is 1. The SMILES string of the molecule is CCOC(=O)CCS(=O)(=O)CCc1ccc(N)cc1. The number of hydrogen-bond donors (Lipinski definition) is 1. The number of carbonyl (C=O) groups is 1. The van der Waals surface area contributed by atoms with E-state index in [2.05, 4.69) is 0 Å². The number of rotatable bonds is 7. The minimum Gasteiger partial charge on any atom is -0.466 e. The van der Waals surface area contributed by atoms with Gasteiger partial charge in [0.2, 0.25) is 0 Å². The summed E-state index contributed by atoms with van der Waals surface area (Å²) < 4.78 is 28.2. The lowest BCUT2D eigenvalue weighted by atomic mass is 10.2. The van der Waals surface area contributed by atoms with Crippen molar-refractivity contribution in [3.63, 3.8) is 0 Å². The molecule has 0 saturated heterocycles. The van der Waals surface area contributed by atoms with Crippen molar-refractivity contribution < 1.29 is 17.9 Å². The van der Waals surface area contributed by atoms with Crippen molar-refractivity contribution in [2.45, 2.75) is 19.8 Å². The van der Waals surface area contributed by atoms with Crippen LogP contribution in [0, 0.1) is 0 Å². The van der Waals surface area contributed by atoms with Crippen molar-refractivity contribution in [1.29, 1.82) is 0 Å². The van der Waals surface area contributed by atoms with Gasteiger partial charge in [-0.1, -0.05) is 12.1 Å². The van der Waals surface area contributed by atoms with Crippen LogP contribution in [0.25, 0.3) is 0 Å². The molecular formula is C13H19NO4S. The first-order chi connectivity index (χ1) is 8.93. The van der Waals surface area contributed by atoms with Crippen LogP contribution in [-0.2, 0) is 25.8 Å². The molecule has 0 bridgehead atoms. The molecule has 1 aromatic rings. The van der Waals surface area contributed by atoms with E-state index in [4.69, 9.17) is 10.5 Å². The number of ether oxygens (including phenoxy) is 1. The van der Waals surface area contributed by atoms with Gasteiger partial charge >= 0.3 is 5.97 Å². The molecule has 0 saturated carbocycles. The van der Waals surface area contributed by atoms with Gasteiger partial charge in [0.25, 0.3) is 0 Å². The van der Waals surface area contributed by atoms with E-state index in [1.807, 2.05) is 0 Å². The summed E-state index contributed by atoms with van der Waals surface area (Å²) in [4.78, 5) is 11.1. The highest BCUT2D eigenvalue weighted by Gasteiger charge is 2.14. The molecule has 2 N–H and O–H groups in total. The molecule has 0 amide bonds. The minimum atomic E-state index is -3.24. The van der Waals surface area contributed by atoms with Crippen LogP contribution in [0.5, 0.6) is 0 Å². The molecule has 1 aromatic carbocycles. The van der Waals surface area contributed by atoms with Gasteiger partial charge in [-0.05, 0) is 31.0 Å². The fourth-order valence-corrected chi connectivity index (χ4v) is 2.76. The van der Waals surface area contributed by atoms with E-state index >= 15 is 0 Å². The highest BCUT2D eigenvalue weighted by molar-refractivity contribution is 7.91. The summed E-state index contributed by atoms with van der Waals surface area (Å²) >= 11 is 0. The van der Waals surface area contributed by atoms with Crippen LogP contribution in [0.4, 0.5) is 5.69 Å². The molecule has 0 aliphatic carbocycles. The van der Waals surface area contributed by atoms with Crippen LogP contribution in [0.15, 0.2) is 24.3 Å². The molecule has 5 nitrogen and oxygen atoms in total. The van der Waals surface area contributed by atoms with Crippen LogP contribution >= 0.6 is 0 Å². The van der Waals surface area contributed by atoms with Crippen molar-refractivity contribution in [3.8, 4) is 0 Å². The van der Waals surface area contributed by atoms with E-state index in [0.29, 0.717) is 12.1 Å². The Morgan fingerprint density at radius 1 is 1.21 bits per heavy atom. The maximum Gasteiger partial charge on any atom is 0.306 e. The fourth-order valence-electron chi connectivity index (χ4n) is 1.53. The van der Waals surface area contributed by atoms with Gasteiger partial charge in [-0.2, -0.15) is 0 Å². The van der Waals surface area contributed by atoms with Crippen LogP contribution < -0.4 is 5.73 Å². The summed E-state index contributed by atoms with van der Waals surface area (Å²) in [6.45, 7) is 1.96. The average molecular weight is 285 g/mol. The Morgan fingerprint density at radius 3 is 2.42 bits per heavy atom. The molecule has 0 aromatic heterocycles. The first-order valence-electron chi connectivity index (χ1n) is 6.13. The highest BCUT2D eigenvalue weighted by atomic mass is 32.2. The number of carbonyl (C=O) groups excluding carboxylic acids is 1. The maximum atomic E-state index is 11.7. The van der Waals surface area contributed by atoms with Gasteiger partial charge in [0.15, 0.2) is 9.84 Å². The highest BCUT2D eigenvalue weighted by Crippen LogP contribution is 2.08. The Kier molecular flexibility index (Phi) is 5.82. The van der Waals surface area contributed by atoms with E-state index in [1.165, 1.54) is 0 Å². The maximum absolute atomic E-state index is 11.7. The Morgan fingerprint density at radius 2 is 1.84 bits per heavy atom. The Hall–Kier alpha value is -1.56. The summed E-state index contributed by atoms with van der Waals surface area (Å²) in [7, 11) is -3.24. The molecule has 0 heterocycles. The molecular weight excluding hydrogens is 266 g/mol. The lowest BCUT2D eigenvalue weighted by Crippen LogP contribution is -2.17. The first-order valence-corrected chi connectivity index (χ1v) is 7.95. The van der Waals surface area contributed by atoms with Crippen LogP contribution in [-0.4, -0.2) is 32.5 Å². The minimum absolute atomic E-state index is 0.0241. The number of anilines is 1. The van der Waals surface area contributed by atoms with Crippen LogP contribution in [0.1, 0.15) is 18.9 Å². The number of nitrogen functional groups attached to an aromatic ring is 1. The topological polar surface area (TPSA) is 86.5 Å². The summed E-state index contributed by atoms with van der Waals surface area (Å²) in [6, 6.07) is 7.08. The Balaban J connectivity index is 2.42. The molecule has 0 aliphatic rings. The van der Waals surface area contributed by atoms with Gasteiger partial charge in [-0.3, -0.25) is 4.79 Å². The number of nitrogens with two attached hydrogens (primary N) is 1. The number of benzene rings is 1. The second kappa shape index (κ2) is 7.13.